The maximum Gasteiger partial charge on any atom is 0.206 e. The smallest absolute Gasteiger partial charge is 0.206 e. The van der Waals surface area contributed by atoms with Crippen molar-refractivity contribution in [3.8, 4) is 11.5 Å². The van der Waals surface area contributed by atoms with Gasteiger partial charge in [0.05, 0.1) is 9.79 Å². The maximum absolute atomic E-state index is 12.3. The number of aromatic hydroxyl groups is 2. The van der Waals surface area contributed by atoms with Crippen LogP contribution < -0.4 is 0 Å². The van der Waals surface area contributed by atoms with Crippen LogP contribution in [0, 0.1) is 13.8 Å². The van der Waals surface area contributed by atoms with Crippen molar-refractivity contribution < 1.29 is 18.6 Å². The van der Waals surface area contributed by atoms with Crippen molar-refractivity contribution in [1.29, 1.82) is 0 Å². The third kappa shape index (κ3) is 2.42. The van der Waals surface area contributed by atoms with Crippen molar-refractivity contribution in [2.75, 3.05) is 0 Å². The topological polar surface area (TPSA) is 74.6 Å². The molecule has 2 aromatic rings. The van der Waals surface area contributed by atoms with Gasteiger partial charge < -0.3 is 10.2 Å². The molecule has 0 spiro atoms. The number of sulfone groups is 1. The standard InChI is InChI=1S/C14H14O4S/c1-9-3-5-11(6-4-9)19(17,18)12-7-13(15)10(2)14(16)8-12/h3-8,15-16H,1-2H3. The van der Waals surface area contributed by atoms with Crippen LogP contribution in [-0.4, -0.2) is 18.6 Å². The molecule has 0 atom stereocenters. The molecule has 0 aliphatic heterocycles. The van der Waals surface area contributed by atoms with Crippen LogP contribution in [0.1, 0.15) is 11.1 Å². The molecule has 0 heterocycles. The average molecular weight is 278 g/mol. The summed E-state index contributed by atoms with van der Waals surface area (Å²) in [5, 5.41) is 19.2. The van der Waals surface area contributed by atoms with Gasteiger partial charge in [0, 0.05) is 5.56 Å². The maximum atomic E-state index is 12.3. The molecule has 0 radical (unpaired) electrons. The Morgan fingerprint density at radius 2 is 1.32 bits per heavy atom. The van der Waals surface area contributed by atoms with E-state index in [0.29, 0.717) is 0 Å². The molecule has 0 aliphatic rings. The van der Waals surface area contributed by atoms with E-state index in [9.17, 15) is 18.6 Å². The van der Waals surface area contributed by atoms with Crippen LogP contribution in [0.25, 0.3) is 0 Å². The van der Waals surface area contributed by atoms with Crippen LogP contribution in [0.15, 0.2) is 46.2 Å². The normalized spacial score (nSPS) is 11.5. The fourth-order valence-corrected chi connectivity index (χ4v) is 2.97. The fourth-order valence-electron chi connectivity index (χ4n) is 1.67. The Kier molecular flexibility index (Phi) is 3.24. The van der Waals surface area contributed by atoms with Gasteiger partial charge in [0.2, 0.25) is 9.84 Å². The van der Waals surface area contributed by atoms with E-state index in [2.05, 4.69) is 0 Å². The zero-order valence-electron chi connectivity index (χ0n) is 10.6. The summed E-state index contributed by atoms with van der Waals surface area (Å²) in [5.41, 5.74) is 1.21. The Labute approximate surface area is 111 Å². The summed E-state index contributed by atoms with van der Waals surface area (Å²) in [6, 6.07) is 8.67. The number of phenols is 2. The largest absolute Gasteiger partial charge is 0.507 e. The first-order valence-electron chi connectivity index (χ1n) is 5.66. The van der Waals surface area contributed by atoms with Crippen molar-refractivity contribution in [3.05, 3.63) is 47.5 Å². The molecule has 0 bridgehead atoms. The third-order valence-corrected chi connectivity index (χ3v) is 4.72. The molecule has 0 aliphatic carbocycles. The number of benzene rings is 2. The second kappa shape index (κ2) is 4.59. The van der Waals surface area contributed by atoms with E-state index in [1.165, 1.54) is 19.1 Å². The molecule has 19 heavy (non-hydrogen) atoms. The first kappa shape index (κ1) is 13.4. The number of hydrogen-bond acceptors (Lipinski definition) is 4. The lowest BCUT2D eigenvalue weighted by Crippen LogP contribution is -2.02. The molecule has 0 fully saturated rings. The van der Waals surface area contributed by atoms with Crippen molar-refractivity contribution >= 4 is 9.84 Å². The summed E-state index contributed by atoms with van der Waals surface area (Å²) >= 11 is 0. The number of phenolic OH excluding ortho intramolecular Hbond substituents is 2. The van der Waals surface area contributed by atoms with Crippen LogP contribution in [0.4, 0.5) is 0 Å². The van der Waals surface area contributed by atoms with Crippen molar-refractivity contribution in [1.82, 2.24) is 0 Å². The van der Waals surface area contributed by atoms with E-state index in [0.717, 1.165) is 17.7 Å². The van der Waals surface area contributed by atoms with Crippen molar-refractivity contribution in [2.45, 2.75) is 23.6 Å². The molecule has 0 unspecified atom stereocenters. The highest BCUT2D eigenvalue weighted by molar-refractivity contribution is 7.91. The van der Waals surface area contributed by atoms with Gasteiger partial charge in [-0.3, -0.25) is 0 Å². The summed E-state index contributed by atoms with van der Waals surface area (Å²) in [4.78, 5) is -0.00212. The lowest BCUT2D eigenvalue weighted by molar-refractivity contribution is 0.439. The van der Waals surface area contributed by atoms with Crippen LogP contribution in [0.5, 0.6) is 11.5 Å². The Bertz CT molecular complexity index is 693. The molecule has 0 amide bonds. The summed E-state index contributed by atoms with van der Waals surface area (Å²) in [7, 11) is -3.74. The molecule has 0 aromatic heterocycles. The predicted molar refractivity (Wildman–Crippen MR) is 71.1 cm³/mol. The van der Waals surface area contributed by atoms with E-state index in [1.807, 2.05) is 6.92 Å². The number of hydrogen-bond donors (Lipinski definition) is 2. The summed E-state index contributed by atoms with van der Waals surface area (Å²) in [6.07, 6.45) is 0. The van der Waals surface area contributed by atoms with Crippen molar-refractivity contribution in [3.63, 3.8) is 0 Å². The zero-order chi connectivity index (χ0) is 14.2. The molecule has 5 heteroatoms. The molecule has 0 saturated carbocycles. The third-order valence-electron chi connectivity index (χ3n) is 2.97. The van der Waals surface area contributed by atoms with Gasteiger partial charge in [-0.05, 0) is 38.1 Å². The van der Waals surface area contributed by atoms with Gasteiger partial charge in [-0.25, -0.2) is 8.42 Å². The van der Waals surface area contributed by atoms with E-state index in [1.54, 1.807) is 12.1 Å². The second-order valence-electron chi connectivity index (χ2n) is 4.40. The van der Waals surface area contributed by atoms with E-state index < -0.39 is 9.84 Å². The Hall–Kier alpha value is -2.01. The minimum absolute atomic E-state index is 0.126. The van der Waals surface area contributed by atoms with Gasteiger partial charge in [-0.2, -0.15) is 0 Å². The van der Waals surface area contributed by atoms with Crippen LogP contribution in [0.2, 0.25) is 0 Å². The molecule has 4 nitrogen and oxygen atoms in total. The van der Waals surface area contributed by atoms with Gasteiger partial charge in [0.1, 0.15) is 11.5 Å². The minimum Gasteiger partial charge on any atom is -0.507 e. The molecular weight excluding hydrogens is 264 g/mol. The summed E-state index contributed by atoms with van der Waals surface area (Å²) in [5.74, 6) is -0.489. The molecule has 100 valence electrons. The van der Waals surface area contributed by atoms with Gasteiger partial charge in [-0.15, -0.1) is 0 Å². The van der Waals surface area contributed by atoms with Gasteiger partial charge in [-0.1, -0.05) is 17.7 Å². The Balaban J connectivity index is 2.60. The van der Waals surface area contributed by atoms with Gasteiger partial charge in [0.15, 0.2) is 0 Å². The first-order chi connectivity index (χ1) is 8.82. The lowest BCUT2D eigenvalue weighted by atomic mass is 10.2. The monoisotopic (exact) mass is 278 g/mol. The van der Waals surface area contributed by atoms with E-state index >= 15 is 0 Å². The highest BCUT2D eigenvalue weighted by atomic mass is 32.2. The van der Waals surface area contributed by atoms with E-state index in [-0.39, 0.29) is 26.9 Å². The second-order valence-corrected chi connectivity index (χ2v) is 6.35. The first-order valence-corrected chi connectivity index (χ1v) is 7.15. The Morgan fingerprint density at radius 3 is 1.79 bits per heavy atom. The van der Waals surface area contributed by atoms with Crippen molar-refractivity contribution in [2.24, 2.45) is 0 Å². The molecule has 0 saturated heterocycles. The average Bonchev–Trinajstić information content (AvgIpc) is 2.35. The number of rotatable bonds is 2. The summed E-state index contributed by atoms with van der Waals surface area (Å²) in [6.45, 7) is 3.37. The Morgan fingerprint density at radius 1 is 0.842 bits per heavy atom. The van der Waals surface area contributed by atoms with Crippen LogP contribution >= 0.6 is 0 Å². The molecule has 2 aromatic carbocycles. The zero-order valence-corrected chi connectivity index (χ0v) is 11.4. The SMILES string of the molecule is Cc1ccc(S(=O)(=O)c2cc(O)c(C)c(O)c2)cc1. The molecule has 2 N–H and O–H groups in total. The highest BCUT2D eigenvalue weighted by Crippen LogP contribution is 2.32. The van der Waals surface area contributed by atoms with Crippen LogP contribution in [0.3, 0.4) is 0 Å². The lowest BCUT2D eigenvalue weighted by Gasteiger charge is -2.08. The number of aryl methyl sites for hydroxylation is 1. The highest BCUT2D eigenvalue weighted by Gasteiger charge is 2.20. The van der Waals surface area contributed by atoms with Crippen LogP contribution in [-0.2, 0) is 9.84 Å². The van der Waals surface area contributed by atoms with Gasteiger partial charge in [0.25, 0.3) is 0 Å². The molecule has 2 rings (SSSR count). The fraction of sp³-hybridized carbons (Fsp3) is 0.143. The van der Waals surface area contributed by atoms with Gasteiger partial charge >= 0.3 is 0 Å². The summed E-state index contributed by atoms with van der Waals surface area (Å²) < 4.78 is 24.7. The quantitative estimate of drug-likeness (QED) is 0.885. The molecular formula is C14H14O4S. The predicted octanol–water partition coefficient (Wildman–Crippen LogP) is 2.55. The van der Waals surface area contributed by atoms with E-state index in [4.69, 9.17) is 0 Å². The minimum atomic E-state index is -3.74.